The van der Waals surface area contributed by atoms with E-state index in [9.17, 15) is 9.50 Å². The third-order valence-corrected chi connectivity index (χ3v) is 4.47. The van der Waals surface area contributed by atoms with Crippen LogP contribution in [0.15, 0.2) is 22.7 Å². The molecule has 1 atom stereocenters. The monoisotopic (exact) mass is 340 g/mol. The largest absolute Gasteiger partial charge is 0.392 e. The molecule has 2 rings (SSSR count). The Kier molecular flexibility index (Phi) is 4.60. The van der Waals surface area contributed by atoms with Crippen molar-refractivity contribution in [1.29, 1.82) is 0 Å². The molecule has 5 heteroatoms. The van der Waals surface area contributed by atoms with Crippen LogP contribution in [0.3, 0.4) is 0 Å². The van der Waals surface area contributed by atoms with E-state index in [0.29, 0.717) is 17.3 Å². The van der Waals surface area contributed by atoms with Gasteiger partial charge in [0, 0.05) is 19.2 Å². The minimum absolute atomic E-state index is 0.302. The van der Waals surface area contributed by atoms with E-state index in [1.165, 1.54) is 6.07 Å². The minimum atomic E-state index is -0.560. The van der Waals surface area contributed by atoms with Crippen LogP contribution in [0.5, 0.6) is 0 Å². The maximum atomic E-state index is 13.4. The number of halogens is 2. The Morgan fingerprint density at radius 1 is 1.35 bits per heavy atom. The quantitative estimate of drug-likeness (QED) is 0.928. The second kappa shape index (κ2) is 6.06. The third kappa shape index (κ3) is 3.10. The highest BCUT2D eigenvalue weighted by atomic mass is 79.9. The number of hydrogen-bond donors (Lipinski definition) is 1. The van der Waals surface area contributed by atoms with E-state index in [-0.39, 0.29) is 5.82 Å². The van der Waals surface area contributed by atoms with Gasteiger partial charge in [-0.1, -0.05) is 12.1 Å². The maximum absolute atomic E-state index is 13.4. The highest BCUT2D eigenvalue weighted by Gasteiger charge is 2.16. The number of aliphatic hydroxyl groups is 1. The molecule has 20 heavy (non-hydrogen) atoms. The van der Waals surface area contributed by atoms with Crippen LogP contribution in [0.25, 0.3) is 0 Å². The zero-order valence-electron chi connectivity index (χ0n) is 11.8. The first-order valence-corrected chi connectivity index (χ1v) is 7.29. The van der Waals surface area contributed by atoms with Crippen LogP contribution in [-0.4, -0.2) is 21.0 Å². The number of hydrogen-bond acceptors (Lipinski definition) is 2. The van der Waals surface area contributed by atoms with Crippen molar-refractivity contribution in [3.63, 3.8) is 0 Å². The molecule has 1 aromatic heterocycles. The second-order valence-electron chi connectivity index (χ2n) is 5.05. The lowest BCUT2D eigenvalue weighted by atomic mass is 10.00. The van der Waals surface area contributed by atoms with Gasteiger partial charge in [0.2, 0.25) is 0 Å². The number of nitrogens with zero attached hydrogens (tertiary/aromatic N) is 2. The highest BCUT2D eigenvalue weighted by molar-refractivity contribution is 9.10. The second-order valence-corrected chi connectivity index (χ2v) is 5.84. The molecule has 0 amide bonds. The molecular weight excluding hydrogens is 323 g/mol. The van der Waals surface area contributed by atoms with Gasteiger partial charge in [-0.15, -0.1) is 0 Å². The molecule has 1 N–H and O–H groups in total. The third-order valence-electron chi connectivity index (χ3n) is 3.59. The molecule has 0 saturated carbocycles. The molecule has 0 bridgehead atoms. The van der Waals surface area contributed by atoms with Crippen molar-refractivity contribution in [2.24, 2.45) is 7.05 Å². The molecule has 3 nitrogen and oxygen atoms in total. The van der Waals surface area contributed by atoms with Gasteiger partial charge in [-0.2, -0.15) is 5.10 Å². The fourth-order valence-corrected chi connectivity index (χ4v) is 2.81. The van der Waals surface area contributed by atoms with Gasteiger partial charge in [-0.25, -0.2) is 4.39 Å². The van der Waals surface area contributed by atoms with Gasteiger partial charge < -0.3 is 5.11 Å². The standard InChI is InChI=1S/C15H18BrFN2O/c1-9-13(10(2)19(3)18-9)8-12(20)7-11-5-4-6-14(17)15(11)16/h4-6,12,20H,7-8H2,1-3H3. The zero-order valence-corrected chi connectivity index (χ0v) is 13.4. The Morgan fingerprint density at radius 2 is 2.05 bits per heavy atom. The molecule has 0 fully saturated rings. The van der Waals surface area contributed by atoms with Crippen molar-refractivity contribution in [2.75, 3.05) is 0 Å². The van der Waals surface area contributed by atoms with Crippen molar-refractivity contribution in [2.45, 2.75) is 32.8 Å². The lowest BCUT2D eigenvalue weighted by Crippen LogP contribution is -2.15. The van der Waals surface area contributed by atoms with Crippen LogP contribution in [0.1, 0.15) is 22.5 Å². The van der Waals surface area contributed by atoms with Crippen LogP contribution in [-0.2, 0) is 19.9 Å². The van der Waals surface area contributed by atoms with E-state index in [1.807, 2.05) is 31.6 Å². The van der Waals surface area contributed by atoms with E-state index in [1.54, 1.807) is 6.07 Å². The Bertz CT molecular complexity index is 625. The van der Waals surface area contributed by atoms with Crippen LogP contribution in [0.2, 0.25) is 0 Å². The molecule has 1 unspecified atom stereocenters. The van der Waals surface area contributed by atoms with E-state index in [0.717, 1.165) is 22.5 Å². The minimum Gasteiger partial charge on any atom is -0.392 e. The van der Waals surface area contributed by atoms with Crippen molar-refractivity contribution in [3.8, 4) is 0 Å². The number of rotatable bonds is 4. The van der Waals surface area contributed by atoms with E-state index >= 15 is 0 Å². The number of aliphatic hydroxyl groups excluding tert-OH is 1. The maximum Gasteiger partial charge on any atom is 0.137 e. The smallest absolute Gasteiger partial charge is 0.137 e. The van der Waals surface area contributed by atoms with Crippen molar-refractivity contribution in [3.05, 3.63) is 51.0 Å². The first-order valence-electron chi connectivity index (χ1n) is 6.50. The fraction of sp³-hybridized carbons (Fsp3) is 0.400. The summed E-state index contributed by atoms with van der Waals surface area (Å²) in [7, 11) is 1.89. The summed E-state index contributed by atoms with van der Waals surface area (Å²) >= 11 is 3.22. The summed E-state index contributed by atoms with van der Waals surface area (Å²) in [6.07, 6.45) is 0.371. The molecule has 1 heterocycles. The van der Waals surface area contributed by atoms with Gasteiger partial charge in [-0.3, -0.25) is 4.68 Å². The van der Waals surface area contributed by atoms with Crippen molar-refractivity contribution in [1.82, 2.24) is 9.78 Å². The molecule has 0 spiro atoms. The molecule has 0 aliphatic heterocycles. The van der Waals surface area contributed by atoms with E-state index in [4.69, 9.17) is 0 Å². The topological polar surface area (TPSA) is 38.0 Å². The first-order chi connectivity index (χ1) is 9.40. The first kappa shape index (κ1) is 15.2. The number of aromatic nitrogens is 2. The Balaban J connectivity index is 2.13. The summed E-state index contributed by atoms with van der Waals surface area (Å²) in [5.74, 6) is -0.302. The SMILES string of the molecule is Cc1nn(C)c(C)c1CC(O)Cc1cccc(F)c1Br. The summed E-state index contributed by atoms with van der Waals surface area (Å²) in [5.41, 5.74) is 3.83. The van der Waals surface area contributed by atoms with E-state index < -0.39 is 6.10 Å². The summed E-state index contributed by atoms with van der Waals surface area (Å²) in [4.78, 5) is 0. The van der Waals surface area contributed by atoms with Gasteiger partial charge in [0.05, 0.1) is 16.3 Å². The molecule has 0 radical (unpaired) electrons. The Morgan fingerprint density at radius 3 is 2.65 bits per heavy atom. The summed E-state index contributed by atoms with van der Waals surface area (Å²) in [6, 6.07) is 4.87. The predicted molar refractivity (Wildman–Crippen MR) is 80.2 cm³/mol. The predicted octanol–water partition coefficient (Wildman–Crippen LogP) is 3.08. The average Bonchev–Trinajstić information content (AvgIpc) is 2.62. The van der Waals surface area contributed by atoms with Gasteiger partial charge in [0.15, 0.2) is 0 Å². The fourth-order valence-electron chi connectivity index (χ4n) is 2.38. The highest BCUT2D eigenvalue weighted by Crippen LogP contribution is 2.23. The molecule has 1 aromatic carbocycles. The number of aryl methyl sites for hydroxylation is 2. The molecular formula is C15H18BrFN2O. The molecule has 2 aromatic rings. The van der Waals surface area contributed by atoms with E-state index in [2.05, 4.69) is 21.0 Å². The van der Waals surface area contributed by atoms with Gasteiger partial charge in [0.1, 0.15) is 5.82 Å². The average molecular weight is 341 g/mol. The summed E-state index contributed by atoms with van der Waals surface area (Å²) in [6.45, 7) is 3.92. The lowest BCUT2D eigenvalue weighted by Gasteiger charge is -2.12. The summed E-state index contributed by atoms with van der Waals surface area (Å²) in [5, 5.41) is 14.6. The zero-order chi connectivity index (χ0) is 14.9. The van der Waals surface area contributed by atoms with Crippen LogP contribution >= 0.6 is 15.9 Å². The Hall–Kier alpha value is -1.20. The summed E-state index contributed by atoms with van der Waals surface area (Å²) < 4.78 is 15.7. The Labute approximate surface area is 126 Å². The van der Waals surface area contributed by atoms with Crippen LogP contribution < -0.4 is 0 Å². The number of benzene rings is 1. The molecule has 0 aliphatic carbocycles. The van der Waals surface area contributed by atoms with Crippen LogP contribution in [0.4, 0.5) is 4.39 Å². The normalized spacial score (nSPS) is 12.7. The van der Waals surface area contributed by atoms with Gasteiger partial charge >= 0.3 is 0 Å². The lowest BCUT2D eigenvalue weighted by molar-refractivity contribution is 0.174. The molecule has 0 saturated heterocycles. The van der Waals surface area contributed by atoms with Crippen molar-refractivity contribution >= 4 is 15.9 Å². The molecule has 108 valence electrons. The van der Waals surface area contributed by atoms with Gasteiger partial charge in [-0.05, 0) is 53.4 Å². The van der Waals surface area contributed by atoms with Crippen molar-refractivity contribution < 1.29 is 9.50 Å². The van der Waals surface area contributed by atoms with Gasteiger partial charge in [0.25, 0.3) is 0 Å². The van der Waals surface area contributed by atoms with Crippen LogP contribution in [0, 0.1) is 19.7 Å². The molecule has 0 aliphatic rings.